The van der Waals surface area contributed by atoms with Crippen LogP contribution in [0.4, 0.5) is 0 Å². The normalized spacial score (nSPS) is 11.9. The first-order valence-electron chi connectivity index (χ1n) is 6.99. The summed E-state index contributed by atoms with van der Waals surface area (Å²) in [4.78, 5) is 12.2. The van der Waals surface area contributed by atoms with E-state index in [1.54, 1.807) is 50.6 Å². The van der Waals surface area contributed by atoms with Gasteiger partial charge in [0.1, 0.15) is 18.1 Å². The molecule has 3 rings (SSSR count). The number of esters is 1. The molecule has 0 saturated carbocycles. The van der Waals surface area contributed by atoms with E-state index in [0.29, 0.717) is 28.6 Å². The first kappa shape index (κ1) is 15.0. The highest BCUT2D eigenvalue weighted by Crippen LogP contribution is 2.33. The van der Waals surface area contributed by atoms with Crippen molar-refractivity contribution in [2.75, 3.05) is 21.0 Å². The molecule has 1 aliphatic heterocycles. The molecule has 120 valence electrons. The summed E-state index contributed by atoms with van der Waals surface area (Å²) in [6.45, 7) is 0.239. The number of hydrogen-bond donors (Lipinski definition) is 0. The highest BCUT2D eigenvalue weighted by Gasteiger charge is 2.17. The van der Waals surface area contributed by atoms with Crippen LogP contribution < -0.4 is 18.9 Å². The fraction of sp³-hybridized carbons (Fsp3) is 0.235. The van der Waals surface area contributed by atoms with Crippen LogP contribution in [-0.4, -0.2) is 27.0 Å². The molecule has 0 amide bonds. The van der Waals surface area contributed by atoms with Gasteiger partial charge in [0.15, 0.2) is 11.5 Å². The van der Waals surface area contributed by atoms with Gasteiger partial charge in [0.05, 0.1) is 19.8 Å². The van der Waals surface area contributed by atoms with Crippen LogP contribution in [0.3, 0.4) is 0 Å². The topological polar surface area (TPSA) is 63.2 Å². The van der Waals surface area contributed by atoms with Crippen LogP contribution >= 0.6 is 0 Å². The standard InChI is InChI=1S/C17H16O6/c1-19-13-4-6-14(20-2)12(7-13)9-21-17(18)11-3-5-15-16(8-11)23-10-22-15/h3-8H,9-10H2,1-2H3. The quantitative estimate of drug-likeness (QED) is 0.790. The lowest BCUT2D eigenvalue weighted by Gasteiger charge is -2.11. The lowest BCUT2D eigenvalue weighted by molar-refractivity contribution is 0.0469. The van der Waals surface area contributed by atoms with Gasteiger partial charge in [-0.25, -0.2) is 4.79 Å². The average Bonchev–Trinajstić information content (AvgIpc) is 3.06. The van der Waals surface area contributed by atoms with Crippen molar-refractivity contribution in [3.63, 3.8) is 0 Å². The predicted octanol–water partition coefficient (Wildman–Crippen LogP) is 2.79. The SMILES string of the molecule is COc1ccc(OC)c(COC(=O)c2ccc3c(c2)OCO3)c1. The van der Waals surface area contributed by atoms with Gasteiger partial charge in [0.25, 0.3) is 0 Å². The molecule has 1 heterocycles. The molecule has 0 spiro atoms. The van der Waals surface area contributed by atoms with E-state index in [-0.39, 0.29) is 13.4 Å². The lowest BCUT2D eigenvalue weighted by atomic mass is 10.2. The molecule has 0 N–H and O–H groups in total. The zero-order valence-electron chi connectivity index (χ0n) is 12.8. The fourth-order valence-corrected chi connectivity index (χ4v) is 2.24. The molecule has 2 aromatic carbocycles. The Morgan fingerprint density at radius 1 is 1.04 bits per heavy atom. The van der Waals surface area contributed by atoms with Crippen LogP contribution in [0, 0.1) is 0 Å². The van der Waals surface area contributed by atoms with E-state index in [1.807, 2.05) is 0 Å². The Kier molecular flexibility index (Phi) is 4.23. The molecule has 0 aromatic heterocycles. The lowest BCUT2D eigenvalue weighted by Crippen LogP contribution is -2.06. The van der Waals surface area contributed by atoms with Gasteiger partial charge in [-0.15, -0.1) is 0 Å². The van der Waals surface area contributed by atoms with Crippen molar-refractivity contribution >= 4 is 5.97 Å². The number of benzene rings is 2. The molecule has 0 aliphatic carbocycles. The summed E-state index contributed by atoms with van der Waals surface area (Å²) in [5.41, 5.74) is 1.12. The number of fused-ring (bicyclic) bond motifs is 1. The maximum Gasteiger partial charge on any atom is 0.338 e. The Balaban J connectivity index is 1.71. The first-order chi connectivity index (χ1) is 11.2. The van der Waals surface area contributed by atoms with Crippen molar-refractivity contribution in [2.45, 2.75) is 6.61 Å². The van der Waals surface area contributed by atoms with E-state index in [1.165, 1.54) is 0 Å². The van der Waals surface area contributed by atoms with Crippen molar-refractivity contribution in [3.8, 4) is 23.0 Å². The second-order valence-corrected chi connectivity index (χ2v) is 4.82. The Hall–Kier alpha value is -2.89. The molecule has 0 unspecified atom stereocenters. The first-order valence-corrected chi connectivity index (χ1v) is 6.99. The van der Waals surface area contributed by atoms with Crippen LogP contribution in [0.25, 0.3) is 0 Å². The van der Waals surface area contributed by atoms with Gasteiger partial charge in [-0.1, -0.05) is 0 Å². The van der Waals surface area contributed by atoms with Crippen molar-refractivity contribution in [1.82, 2.24) is 0 Å². The van der Waals surface area contributed by atoms with Crippen molar-refractivity contribution in [1.29, 1.82) is 0 Å². The Morgan fingerprint density at radius 3 is 2.65 bits per heavy atom. The minimum Gasteiger partial charge on any atom is -0.497 e. The number of hydrogen-bond acceptors (Lipinski definition) is 6. The number of rotatable bonds is 5. The Bertz CT molecular complexity index is 725. The second-order valence-electron chi connectivity index (χ2n) is 4.82. The van der Waals surface area contributed by atoms with Crippen molar-refractivity contribution in [3.05, 3.63) is 47.5 Å². The molecule has 0 bridgehead atoms. The number of carbonyl (C=O) groups is 1. The minimum absolute atomic E-state index is 0.0770. The summed E-state index contributed by atoms with van der Waals surface area (Å²) < 4.78 is 26.2. The molecule has 23 heavy (non-hydrogen) atoms. The summed E-state index contributed by atoms with van der Waals surface area (Å²) >= 11 is 0. The van der Waals surface area contributed by atoms with E-state index in [4.69, 9.17) is 23.7 Å². The summed E-state index contributed by atoms with van der Waals surface area (Å²) in [7, 11) is 3.13. The Morgan fingerprint density at radius 2 is 1.87 bits per heavy atom. The summed E-state index contributed by atoms with van der Waals surface area (Å²) in [6, 6.07) is 10.2. The van der Waals surface area contributed by atoms with Gasteiger partial charge in [-0.05, 0) is 36.4 Å². The number of carbonyl (C=O) groups excluding carboxylic acids is 1. The zero-order valence-corrected chi connectivity index (χ0v) is 12.8. The smallest absolute Gasteiger partial charge is 0.338 e. The monoisotopic (exact) mass is 316 g/mol. The molecule has 0 radical (unpaired) electrons. The summed E-state index contributed by atoms with van der Waals surface area (Å²) in [5, 5.41) is 0. The maximum atomic E-state index is 12.2. The highest BCUT2D eigenvalue weighted by atomic mass is 16.7. The van der Waals surface area contributed by atoms with E-state index in [2.05, 4.69) is 0 Å². The van der Waals surface area contributed by atoms with E-state index >= 15 is 0 Å². The third kappa shape index (κ3) is 3.15. The summed E-state index contributed by atoms with van der Waals surface area (Å²) in [6.07, 6.45) is 0. The van der Waals surface area contributed by atoms with Gasteiger partial charge in [0.2, 0.25) is 6.79 Å². The third-order valence-electron chi connectivity index (χ3n) is 3.45. The molecular formula is C17H16O6. The average molecular weight is 316 g/mol. The van der Waals surface area contributed by atoms with Crippen molar-refractivity contribution < 1.29 is 28.5 Å². The third-order valence-corrected chi connectivity index (χ3v) is 3.45. The molecule has 1 aliphatic rings. The highest BCUT2D eigenvalue weighted by molar-refractivity contribution is 5.90. The van der Waals surface area contributed by atoms with Crippen LogP contribution in [0.1, 0.15) is 15.9 Å². The van der Waals surface area contributed by atoms with Crippen LogP contribution in [0.2, 0.25) is 0 Å². The maximum absolute atomic E-state index is 12.2. The van der Waals surface area contributed by atoms with Crippen molar-refractivity contribution in [2.24, 2.45) is 0 Å². The predicted molar refractivity (Wildman–Crippen MR) is 81.2 cm³/mol. The van der Waals surface area contributed by atoms with Crippen LogP contribution in [-0.2, 0) is 11.3 Å². The zero-order chi connectivity index (χ0) is 16.2. The molecule has 6 heteroatoms. The van der Waals surface area contributed by atoms with Gasteiger partial charge < -0.3 is 23.7 Å². The fourth-order valence-electron chi connectivity index (χ4n) is 2.24. The van der Waals surface area contributed by atoms with Crippen LogP contribution in [0.15, 0.2) is 36.4 Å². The van der Waals surface area contributed by atoms with Gasteiger partial charge in [-0.3, -0.25) is 0 Å². The molecule has 0 atom stereocenters. The van der Waals surface area contributed by atoms with Crippen LogP contribution in [0.5, 0.6) is 23.0 Å². The molecule has 0 fully saturated rings. The number of ether oxygens (including phenoxy) is 5. The number of methoxy groups -OCH3 is 2. The largest absolute Gasteiger partial charge is 0.497 e. The molecule has 2 aromatic rings. The van der Waals surface area contributed by atoms with Gasteiger partial charge >= 0.3 is 5.97 Å². The van der Waals surface area contributed by atoms with E-state index in [0.717, 1.165) is 5.56 Å². The van der Waals surface area contributed by atoms with Gasteiger partial charge in [-0.2, -0.15) is 0 Å². The minimum atomic E-state index is -0.451. The Labute approximate surface area is 133 Å². The molecule has 6 nitrogen and oxygen atoms in total. The molecule has 0 saturated heterocycles. The summed E-state index contributed by atoms with van der Waals surface area (Å²) in [5.74, 6) is 2.01. The molecular weight excluding hydrogens is 300 g/mol. The van der Waals surface area contributed by atoms with Gasteiger partial charge in [0, 0.05) is 5.56 Å². The van der Waals surface area contributed by atoms with E-state index in [9.17, 15) is 4.79 Å². The second kappa shape index (κ2) is 6.48. The van der Waals surface area contributed by atoms with E-state index < -0.39 is 5.97 Å².